The summed E-state index contributed by atoms with van der Waals surface area (Å²) in [6.45, 7) is 2.66. The fraction of sp³-hybridized carbons (Fsp3) is 1.00. The van der Waals surface area contributed by atoms with Gasteiger partial charge in [-0.3, -0.25) is 4.48 Å². The lowest BCUT2D eigenvalue weighted by Crippen LogP contribution is -2.61. The Balaban J connectivity index is 3.02. The van der Waals surface area contributed by atoms with Crippen LogP contribution in [0.4, 0.5) is 22.0 Å². The predicted octanol–water partition coefficient (Wildman–Crippen LogP) is 3.98. The molecule has 0 aromatic rings. The molecule has 1 atom stereocenters. The highest BCUT2D eigenvalue weighted by Crippen LogP contribution is 2.52. The first-order valence-electron chi connectivity index (χ1n) is 6.51. The van der Waals surface area contributed by atoms with E-state index in [0.29, 0.717) is 25.7 Å². The van der Waals surface area contributed by atoms with Crippen LogP contribution in [0.15, 0.2) is 0 Å². The van der Waals surface area contributed by atoms with Crippen molar-refractivity contribution in [3.05, 3.63) is 0 Å². The van der Waals surface area contributed by atoms with Crippen LogP contribution in [0.1, 0.15) is 39.5 Å². The van der Waals surface area contributed by atoms with E-state index < -0.39 is 29.2 Å². The molecule has 1 saturated heterocycles. The van der Waals surface area contributed by atoms with Crippen molar-refractivity contribution >= 4 is 0 Å². The molecule has 0 N–H and O–H groups in total. The van der Waals surface area contributed by atoms with Gasteiger partial charge >= 0.3 is 12.0 Å². The molecule has 1 aliphatic rings. The molecule has 1 nitrogen and oxygen atoms in total. The minimum Gasteiger partial charge on any atom is -0.255 e. The highest BCUT2D eigenvalue weighted by Gasteiger charge is 2.80. The van der Waals surface area contributed by atoms with Crippen molar-refractivity contribution < 1.29 is 26.4 Å². The molecule has 1 aliphatic heterocycles. The minimum absolute atomic E-state index is 0.0838. The average molecular weight is 274 g/mol. The summed E-state index contributed by atoms with van der Waals surface area (Å²) in [6.07, 6.45) is -0.680. The van der Waals surface area contributed by atoms with Gasteiger partial charge in [0.25, 0.3) is 0 Å². The van der Waals surface area contributed by atoms with E-state index in [9.17, 15) is 22.0 Å². The van der Waals surface area contributed by atoms with Crippen LogP contribution in [-0.4, -0.2) is 42.3 Å². The Morgan fingerprint density at radius 1 is 1.00 bits per heavy atom. The second kappa shape index (κ2) is 5.31. The third kappa shape index (κ3) is 2.24. The maximum Gasteiger partial charge on any atom is 0.458 e. The van der Waals surface area contributed by atoms with E-state index >= 15 is 0 Å². The molecule has 108 valence electrons. The van der Waals surface area contributed by atoms with Gasteiger partial charge in [-0.15, -0.1) is 8.78 Å². The molecule has 1 heterocycles. The van der Waals surface area contributed by atoms with Gasteiger partial charge < -0.3 is 0 Å². The standard InChI is InChI=1S/C12H21F5N/c1-3-5-7-18(8-6-4-2)9-10(13)11(14,15)12(18,16)17/h10H,3-9H2,1-2H3/q+1. The molecule has 0 bridgehead atoms. The zero-order valence-corrected chi connectivity index (χ0v) is 10.9. The van der Waals surface area contributed by atoms with Gasteiger partial charge in [-0.05, 0) is 12.8 Å². The van der Waals surface area contributed by atoms with Crippen LogP contribution in [0.2, 0.25) is 0 Å². The minimum atomic E-state index is -4.55. The number of alkyl halides is 5. The normalized spacial score (nSPS) is 28.5. The van der Waals surface area contributed by atoms with Gasteiger partial charge in [0.1, 0.15) is 6.54 Å². The summed E-state index contributed by atoms with van der Waals surface area (Å²) in [5.41, 5.74) is 0. The van der Waals surface area contributed by atoms with E-state index in [-0.39, 0.29) is 13.1 Å². The number of unbranched alkanes of at least 4 members (excludes halogenated alkanes) is 2. The van der Waals surface area contributed by atoms with Crippen molar-refractivity contribution in [3.8, 4) is 0 Å². The van der Waals surface area contributed by atoms with Gasteiger partial charge in [0.05, 0.1) is 13.1 Å². The molecule has 1 rings (SSSR count). The van der Waals surface area contributed by atoms with Crippen molar-refractivity contribution in [2.45, 2.75) is 57.7 Å². The topological polar surface area (TPSA) is 0 Å². The summed E-state index contributed by atoms with van der Waals surface area (Å²) in [7, 11) is 0. The monoisotopic (exact) mass is 274 g/mol. The Kier molecular flexibility index (Phi) is 4.62. The number of hydrogen-bond donors (Lipinski definition) is 0. The largest absolute Gasteiger partial charge is 0.458 e. The first-order chi connectivity index (χ1) is 8.25. The molecule has 1 unspecified atom stereocenters. The first kappa shape index (κ1) is 15.7. The summed E-state index contributed by atoms with van der Waals surface area (Å²) in [6, 6.07) is -4.29. The third-order valence-electron chi connectivity index (χ3n) is 3.78. The van der Waals surface area contributed by atoms with Crippen LogP contribution < -0.4 is 0 Å². The van der Waals surface area contributed by atoms with Gasteiger partial charge in [-0.25, -0.2) is 4.39 Å². The quantitative estimate of drug-likeness (QED) is 0.390. The van der Waals surface area contributed by atoms with Crippen LogP contribution in [0, 0.1) is 0 Å². The maximum absolute atomic E-state index is 13.9. The number of likely N-dealkylation sites (tertiary alicyclic amines) is 1. The second-order valence-corrected chi connectivity index (χ2v) is 5.11. The van der Waals surface area contributed by atoms with E-state index in [0.717, 1.165) is 0 Å². The molecule has 0 radical (unpaired) electrons. The Hall–Kier alpha value is -0.390. The van der Waals surface area contributed by atoms with Gasteiger partial charge in [-0.1, -0.05) is 26.7 Å². The molecule has 0 saturated carbocycles. The number of rotatable bonds is 6. The fourth-order valence-electron chi connectivity index (χ4n) is 2.54. The lowest BCUT2D eigenvalue weighted by atomic mass is 10.2. The number of quaternary nitrogens is 1. The second-order valence-electron chi connectivity index (χ2n) is 5.11. The molecule has 0 amide bonds. The van der Waals surface area contributed by atoms with Crippen LogP contribution in [0.3, 0.4) is 0 Å². The van der Waals surface area contributed by atoms with E-state index in [1.165, 1.54) is 0 Å². The number of halogens is 5. The molecule has 0 aromatic carbocycles. The van der Waals surface area contributed by atoms with Crippen molar-refractivity contribution in [1.29, 1.82) is 0 Å². The van der Waals surface area contributed by atoms with Gasteiger partial charge in [0.2, 0.25) is 6.17 Å². The van der Waals surface area contributed by atoms with Crippen LogP contribution in [0.25, 0.3) is 0 Å². The summed E-state index contributed by atoms with van der Waals surface area (Å²) < 4.78 is 66.7. The van der Waals surface area contributed by atoms with Crippen molar-refractivity contribution in [3.63, 3.8) is 0 Å². The Morgan fingerprint density at radius 3 is 1.72 bits per heavy atom. The SMILES string of the molecule is CCCC[N+]1(CCCC)CC(F)C(F)(F)C1(F)F. The first-order valence-corrected chi connectivity index (χ1v) is 6.51. The van der Waals surface area contributed by atoms with Crippen molar-refractivity contribution in [1.82, 2.24) is 0 Å². The van der Waals surface area contributed by atoms with Crippen LogP contribution in [0.5, 0.6) is 0 Å². The Labute approximate surface area is 105 Å². The van der Waals surface area contributed by atoms with Crippen molar-refractivity contribution in [2.75, 3.05) is 19.6 Å². The van der Waals surface area contributed by atoms with E-state index in [2.05, 4.69) is 0 Å². The molecular weight excluding hydrogens is 253 g/mol. The average Bonchev–Trinajstić information content (AvgIpc) is 2.43. The van der Waals surface area contributed by atoms with Crippen molar-refractivity contribution in [2.24, 2.45) is 0 Å². The third-order valence-corrected chi connectivity index (χ3v) is 3.78. The van der Waals surface area contributed by atoms with Crippen LogP contribution in [-0.2, 0) is 0 Å². The molecule has 6 heteroatoms. The molecule has 18 heavy (non-hydrogen) atoms. The zero-order valence-electron chi connectivity index (χ0n) is 10.9. The van der Waals surface area contributed by atoms with E-state index in [1.54, 1.807) is 13.8 Å². The number of nitrogens with zero attached hydrogens (tertiary/aromatic N) is 1. The maximum atomic E-state index is 13.9. The molecular formula is C12H21F5N+. The lowest BCUT2D eigenvalue weighted by molar-refractivity contribution is -1.00. The van der Waals surface area contributed by atoms with Crippen LogP contribution >= 0.6 is 0 Å². The highest BCUT2D eigenvalue weighted by molar-refractivity contribution is 4.92. The van der Waals surface area contributed by atoms with Gasteiger partial charge in [0.15, 0.2) is 0 Å². The fourth-order valence-corrected chi connectivity index (χ4v) is 2.54. The summed E-state index contributed by atoms with van der Waals surface area (Å²) in [4.78, 5) is 0. The smallest absolute Gasteiger partial charge is 0.255 e. The van der Waals surface area contributed by atoms with Gasteiger partial charge in [-0.2, -0.15) is 8.78 Å². The lowest BCUT2D eigenvalue weighted by Gasteiger charge is -2.39. The zero-order chi connectivity index (χ0) is 14.0. The molecule has 0 spiro atoms. The Bertz CT molecular complexity index is 272. The Morgan fingerprint density at radius 2 is 1.44 bits per heavy atom. The predicted molar refractivity (Wildman–Crippen MR) is 59.5 cm³/mol. The summed E-state index contributed by atoms with van der Waals surface area (Å²) >= 11 is 0. The van der Waals surface area contributed by atoms with E-state index in [1.807, 2.05) is 0 Å². The highest BCUT2D eigenvalue weighted by atomic mass is 19.3. The number of hydrogen-bond acceptors (Lipinski definition) is 0. The summed E-state index contributed by atoms with van der Waals surface area (Å²) in [5.74, 6) is -4.55. The summed E-state index contributed by atoms with van der Waals surface area (Å²) in [5, 5.41) is 0. The molecule has 0 aromatic heterocycles. The molecule has 0 aliphatic carbocycles. The van der Waals surface area contributed by atoms with Gasteiger partial charge in [0, 0.05) is 0 Å². The van der Waals surface area contributed by atoms with E-state index in [4.69, 9.17) is 0 Å². The molecule has 1 fully saturated rings.